The molecule has 0 saturated heterocycles. The molecule has 4 nitrogen and oxygen atoms in total. The number of nitrogens with one attached hydrogen (secondary N) is 1. The van der Waals surface area contributed by atoms with E-state index in [1.165, 1.54) is 6.07 Å². The van der Waals surface area contributed by atoms with Crippen LogP contribution in [0.4, 0.5) is 0 Å². The van der Waals surface area contributed by atoms with Crippen molar-refractivity contribution in [2.75, 3.05) is 0 Å². The van der Waals surface area contributed by atoms with Gasteiger partial charge in [-0.3, -0.25) is 4.79 Å². The molecule has 2 heterocycles. The van der Waals surface area contributed by atoms with E-state index in [9.17, 15) is 4.79 Å². The maximum Gasteiger partial charge on any atom is 0.247 e. The average molecular weight is 260 g/mol. The summed E-state index contributed by atoms with van der Waals surface area (Å²) in [5.74, 6) is 0.795. The fraction of sp³-hybridized carbons (Fsp3) is 0.0769. The highest BCUT2D eigenvalue weighted by molar-refractivity contribution is 6.31. The van der Waals surface area contributed by atoms with Crippen LogP contribution < -0.4 is 5.56 Å². The van der Waals surface area contributed by atoms with Crippen molar-refractivity contribution >= 4 is 22.6 Å². The molecule has 0 radical (unpaired) electrons. The zero-order valence-electron chi connectivity index (χ0n) is 9.64. The van der Waals surface area contributed by atoms with Crippen LogP contribution in [0, 0.1) is 0 Å². The van der Waals surface area contributed by atoms with Crippen LogP contribution in [0.25, 0.3) is 22.4 Å². The van der Waals surface area contributed by atoms with E-state index in [4.69, 9.17) is 11.6 Å². The second-order valence-corrected chi connectivity index (χ2v) is 4.51. The lowest BCUT2D eigenvalue weighted by atomic mass is 10.3. The van der Waals surface area contributed by atoms with Crippen molar-refractivity contribution in [1.29, 1.82) is 0 Å². The quantitative estimate of drug-likeness (QED) is 0.730. The summed E-state index contributed by atoms with van der Waals surface area (Å²) in [5.41, 5.74) is 2.58. The molecule has 1 aromatic carbocycles. The summed E-state index contributed by atoms with van der Waals surface area (Å²) in [6, 6.07) is 8.83. The highest BCUT2D eigenvalue weighted by Gasteiger charge is 2.09. The Morgan fingerprint density at radius 2 is 2.11 bits per heavy atom. The Kier molecular flexibility index (Phi) is 2.45. The van der Waals surface area contributed by atoms with Crippen LogP contribution in [0.15, 0.2) is 41.3 Å². The Hall–Kier alpha value is -2.07. The summed E-state index contributed by atoms with van der Waals surface area (Å²) in [7, 11) is 1.93. The summed E-state index contributed by atoms with van der Waals surface area (Å²) in [6.45, 7) is 0. The summed E-state index contributed by atoms with van der Waals surface area (Å²) in [5, 5.41) is 0.661. The predicted octanol–water partition coefficient (Wildman–Crippen LogP) is 2.58. The summed E-state index contributed by atoms with van der Waals surface area (Å²) < 4.78 is 1.97. The summed E-state index contributed by atoms with van der Waals surface area (Å²) >= 11 is 5.95. The lowest BCUT2D eigenvalue weighted by molar-refractivity contribution is 0.957. The number of imidazole rings is 1. The largest absolute Gasteiger partial charge is 0.328 e. The minimum atomic E-state index is -0.124. The van der Waals surface area contributed by atoms with Gasteiger partial charge in [-0.15, -0.1) is 0 Å². The highest BCUT2D eigenvalue weighted by atomic mass is 35.5. The number of hydrogen-bond acceptors (Lipinski definition) is 2. The minimum absolute atomic E-state index is 0.124. The van der Waals surface area contributed by atoms with Crippen LogP contribution in [0.5, 0.6) is 0 Å². The molecule has 0 aliphatic heterocycles. The first-order chi connectivity index (χ1) is 8.65. The Balaban J connectivity index is 2.26. The molecule has 0 unspecified atom stereocenters. The molecule has 1 N–H and O–H groups in total. The van der Waals surface area contributed by atoms with E-state index in [0.29, 0.717) is 5.02 Å². The normalized spacial score (nSPS) is 11.0. The number of H-pyrrole nitrogens is 1. The van der Waals surface area contributed by atoms with Gasteiger partial charge in [0.2, 0.25) is 5.56 Å². The summed E-state index contributed by atoms with van der Waals surface area (Å²) in [6.07, 6.45) is 1.66. The van der Waals surface area contributed by atoms with Crippen molar-refractivity contribution in [1.82, 2.24) is 14.5 Å². The van der Waals surface area contributed by atoms with Gasteiger partial charge in [0.1, 0.15) is 5.82 Å². The molecular weight excluding hydrogens is 250 g/mol. The third-order valence-corrected chi connectivity index (χ3v) is 3.12. The fourth-order valence-electron chi connectivity index (χ4n) is 1.98. The van der Waals surface area contributed by atoms with Crippen molar-refractivity contribution in [3.8, 4) is 11.4 Å². The molecule has 0 aliphatic rings. The molecule has 18 heavy (non-hydrogen) atoms. The first-order valence-electron chi connectivity index (χ1n) is 5.46. The Morgan fingerprint density at radius 3 is 2.83 bits per heavy atom. The Bertz CT molecular complexity index is 768. The maximum atomic E-state index is 11.1. The van der Waals surface area contributed by atoms with Gasteiger partial charge >= 0.3 is 0 Å². The van der Waals surface area contributed by atoms with Gasteiger partial charge in [-0.25, -0.2) is 4.98 Å². The van der Waals surface area contributed by atoms with Crippen LogP contribution >= 0.6 is 11.6 Å². The molecule has 3 rings (SSSR count). The number of fused-ring (bicyclic) bond motifs is 1. The number of pyridine rings is 1. The third-order valence-electron chi connectivity index (χ3n) is 2.89. The Labute approximate surface area is 108 Å². The number of rotatable bonds is 1. The van der Waals surface area contributed by atoms with Gasteiger partial charge < -0.3 is 9.55 Å². The molecule has 90 valence electrons. The van der Waals surface area contributed by atoms with Crippen molar-refractivity contribution in [3.05, 3.63) is 51.9 Å². The van der Waals surface area contributed by atoms with E-state index < -0.39 is 0 Å². The van der Waals surface area contributed by atoms with Gasteiger partial charge in [0.25, 0.3) is 0 Å². The van der Waals surface area contributed by atoms with E-state index in [2.05, 4.69) is 9.97 Å². The number of aromatic amines is 1. The lowest BCUT2D eigenvalue weighted by Gasteiger charge is -2.01. The Morgan fingerprint density at radius 1 is 1.28 bits per heavy atom. The van der Waals surface area contributed by atoms with Crippen LogP contribution in [-0.4, -0.2) is 14.5 Å². The van der Waals surface area contributed by atoms with E-state index in [1.807, 2.05) is 29.8 Å². The number of aryl methyl sites for hydroxylation is 1. The number of halogens is 1. The molecule has 0 amide bonds. The second kappa shape index (κ2) is 3.99. The fourth-order valence-corrected chi connectivity index (χ4v) is 2.15. The van der Waals surface area contributed by atoms with Crippen LogP contribution in [0.3, 0.4) is 0 Å². The minimum Gasteiger partial charge on any atom is -0.328 e. The number of nitrogens with zero attached hydrogens (tertiary/aromatic N) is 2. The molecule has 5 heteroatoms. The second-order valence-electron chi connectivity index (χ2n) is 4.07. The molecule has 0 atom stereocenters. The number of benzene rings is 1. The standard InChI is InChI=1S/C13H10ClN3O/c1-17-11-4-3-9(14)6-10(11)16-13(17)8-2-5-12(18)15-7-8/h2-7H,1H3,(H,15,18). The van der Waals surface area contributed by atoms with Gasteiger partial charge in [0.05, 0.1) is 11.0 Å². The van der Waals surface area contributed by atoms with Gasteiger partial charge in [0, 0.05) is 29.9 Å². The van der Waals surface area contributed by atoms with Crippen LogP contribution in [0.2, 0.25) is 5.02 Å². The maximum absolute atomic E-state index is 11.1. The molecular formula is C13H10ClN3O. The zero-order chi connectivity index (χ0) is 12.7. The van der Waals surface area contributed by atoms with Crippen LogP contribution in [0.1, 0.15) is 0 Å². The van der Waals surface area contributed by atoms with Crippen molar-refractivity contribution < 1.29 is 0 Å². The van der Waals surface area contributed by atoms with Gasteiger partial charge in [0.15, 0.2) is 0 Å². The molecule has 0 fully saturated rings. The molecule has 3 aromatic rings. The first-order valence-corrected chi connectivity index (χ1v) is 5.84. The van der Waals surface area contributed by atoms with E-state index >= 15 is 0 Å². The number of aromatic nitrogens is 3. The molecule has 0 spiro atoms. The van der Waals surface area contributed by atoms with E-state index in [-0.39, 0.29) is 5.56 Å². The molecule has 0 saturated carbocycles. The van der Waals surface area contributed by atoms with Crippen molar-refractivity contribution in [2.45, 2.75) is 0 Å². The predicted molar refractivity (Wildman–Crippen MR) is 71.8 cm³/mol. The molecule has 0 aliphatic carbocycles. The molecule has 0 bridgehead atoms. The van der Waals surface area contributed by atoms with Crippen molar-refractivity contribution in [3.63, 3.8) is 0 Å². The lowest BCUT2D eigenvalue weighted by Crippen LogP contribution is -2.02. The highest BCUT2D eigenvalue weighted by Crippen LogP contribution is 2.24. The summed E-state index contributed by atoms with van der Waals surface area (Å²) in [4.78, 5) is 18.2. The van der Waals surface area contributed by atoms with Gasteiger partial charge in [-0.05, 0) is 24.3 Å². The van der Waals surface area contributed by atoms with Crippen LogP contribution in [-0.2, 0) is 7.05 Å². The van der Waals surface area contributed by atoms with E-state index in [1.54, 1.807) is 12.3 Å². The first kappa shape index (κ1) is 11.0. The van der Waals surface area contributed by atoms with Crippen molar-refractivity contribution in [2.24, 2.45) is 7.05 Å². The van der Waals surface area contributed by atoms with Gasteiger partial charge in [-0.1, -0.05) is 11.6 Å². The SMILES string of the molecule is Cn1c(-c2ccc(=O)[nH]c2)nc2cc(Cl)ccc21. The zero-order valence-corrected chi connectivity index (χ0v) is 10.4. The number of hydrogen-bond donors (Lipinski definition) is 1. The monoisotopic (exact) mass is 259 g/mol. The topological polar surface area (TPSA) is 50.7 Å². The average Bonchev–Trinajstić information content (AvgIpc) is 2.67. The van der Waals surface area contributed by atoms with Gasteiger partial charge in [-0.2, -0.15) is 0 Å². The smallest absolute Gasteiger partial charge is 0.247 e. The van der Waals surface area contributed by atoms with E-state index in [0.717, 1.165) is 22.4 Å². The molecule has 2 aromatic heterocycles. The third kappa shape index (κ3) is 1.71.